The summed E-state index contributed by atoms with van der Waals surface area (Å²) in [6.45, 7) is 4.31. The first kappa shape index (κ1) is 20.1. The number of carbonyl (C=O) groups excluding carboxylic acids is 1. The van der Waals surface area contributed by atoms with Crippen LogP contribution in [-0.4, -0.2) is 65.6 Å². The third-order valence-corrected chi connectivity index (χ3v) is 6.34. The number of amides is 1. The number of nitrogens with one attached hydrogen (secondary N) is 1. The molecule has 0 saturated carbocycles. The van der Waals surface area contributed by atoms with Gasteiger partial charge in [-0.2, -0.15) is 0 Å². The predicted octanol–water partition coefficient (Wildman–Crippen LogP) is 1.43. The van der Waals surface area contributed by atoms with Crippen molar-refractivity contribution in [3.8, 4) is 0 Å². The average Bonchev–Trinajstić information content (AvgIpc) is 3.21. The number of hydrogen-bond acceptors (Lipinski definition) is 5. The largest absolute Gasteiger partial charge is 0.375 e. The molecule has 0 unspecified atom stereocenters. The molecule has 1 amide bonds. The fraction of sp³-hybridized carbons (Fsp3) is 0.545. The Kier molecular flexibility index (Phi) is 5.99. The number of fused-ring (bicyclic) bond motifs is 2. The summed E-state index contributed by atoms with van der Waals surface area (Å²) in [5.74, 6) is 0.0593. The summed E-state index contributed by atoms with van der Waals surface area (Å²) in [7, 11) is 1.58. The van der Waals surface area contributed by atoms with Crippen LogP contribution in [-0.2, 0) is 34.5 Å². The van der Waals surface area contributed by atoms with E-state index < -0.39 is 0 Å². The number of imidazole rings is 1. The van der Waals surface area contributed by atoms with E-state index in [1.165, 1.54) is 16.8 Å². The van der Waals surface area contributed by atoms with Gasteiger partial charge in [-0.25, -0.2) is 4.98 Å². The number of likely N-dealkylation sites (tertiary alicyclic amines) is 1. The van der Waals surface area contributed by atoms with Crippen LogP contribution in [0.15, 0.2) is 30.6 Å². The van der Waals surface area contributed by atoms with Crippen molar-refractivity contribution < 1.29 is 9.53 Å². The van der Waals surface area contributed by atoms with E-state index in [2.05, 4.69) is 39.1 Å². The lowest BCUT2D eigenvalue weighted by atomic mass is 9.78. The van der Waals surface area contributed by atoms with E-state index in [0.29, 0.717) is 6.54 Å². The quantitative estimate of drug-likeness (QED) is 0.770. The van der Waals surface area contributed by atoms with Crippen molar-refractivity contribution in [2.75, 3.05) is 39.9 Å². The molecule has 1 saturated heterocycles. The highest BCUT2D eigenvalue weighted by atomic mass is 16.5. The van der Waals surface area contributed by atoms with Gasteiger partial charge in [0.25, 0.3) is 0 Å². The van der Waals surface area contributed by atoms with Crippen molar-refractivity contribution in [3.05, 3.63) is 53.1 Å². The first-order valence-electron chi connectivity index (χ1n) is 10.5. The van der Waals surface area contributed by atoms with E-state index in [-0.39, 0.29) is 18.1 Å². The smallest absolute Gasteiger partial charge is 0.249 e. The summed E-state index contributed by atoms with van der Waals surface area (Å²) in [6, 6.07) is 8.71. The van der Waals surface area contributed by atoms with E-state index >= 15 is 0 Å². The molecule has 3 N–H and O–H groups in total. The number of ether oxygens (including phenoxy) is 1. The number of rotatable bonds is 6. The number of hydrogen-bond donors (Lipinski definition) is 2. The standard InChI is InChI=1S/C22H31N5O2/c1-29-15-20(28)27-10-6-19-21(25-16-24-19)22(27)7-11-26(12-8-22)14-18-4-2-3-17(13-18)5-9-23/h2-4,13,16H,5-12,14-15,23H2,1H3,(H,24,25). The van der Waals surface area contributed by atoms with E-state index in [1.807, 2.05) is 4.90 Å². The monoisotopic (exact) mass is 397 g/mol. The molecule has 1 fully saturated rings. The van der Waals surface area contributed by atoms with Crippen molar-refractivity contribution in [3.63, 3.8) is 0 Å². The van der Waals surface area contributed by atoms with Gasteiger partial charge in [-0.05, 0) is 36.9 Å². The number of nitrogens with two attached hydrogens (primary N) is 1. The van der Waals surface area contributed by atoms with Crippen LogP contribution in [0.25, 0.3) is 0 Å². The third-order valence-electron chi connectivity index (χ3n) is 6.34. The van der Waals surface area contributed by atoms with E-state index in [9.17, 15) is 4.79 Å². The lowest BCUT2D eigenvalue weighted by Crippen LogP contribution is -2.58. The zero-order valence-corrected chi connectivity index (χ0v) is 17.2. The van der Waals surface area contributed by atoms with E-state index in [1.54, 1.807) is 13.4 Å². The Labute approximate surface area is 172 Å². The normalized spacial score (nSPS) is 18.8. The maximum atomic E-state index is 12.8. The SMILES string of the molecule is COCC(=O)N1CCc2[nH]cnc2C12CCN(Cc1cccc(CCN)c1)CC2. The second kappa shape index (κ2) is 8.65. The number of benzene rings is 1. The summed E-state index contributed by atoms with van der Waals surface area (Å²) in [5, 5.41) is 0. The van der Waals surface area contributed by atoms with Gasteiger partial charge in [-0.1, -0.05) is 24.3 Å². The number of nitrogens with zero attached hydrogens (tertiary/aromatic N) is 3. The van der Waals surface area contributed by atoms with Crippen molar-refractivity contribution in [1.82, 2.24) is 19.8 Å². The number of aromatic nitrogens is 2. The van der Waals surface area contributed by atoms with Crippen LogP contribution >= 0.6 is 0 Å². The van der Waals surface area contributed by atoms with Gasteiger partial charge in [0.15, 0.2) is 0 Å². The molecule has 7 nitrogen and oxygen atoms in total. The van der Waals surface area contributed by atoms with Gasteiger partial charge in [0.2, 0.25) is 5.91 Å². The summed E-state index contributed by atoms with van der Waals surface area (Å²) in [4.78, 5) is 25.3. The molecule has 29 heavy (non-hydrogen) atoms. The van der Waals surface area contributed by atoms with Crippen LogP contribution in [0, 0.1) is 0 Å². The average molecular weight is 398 g/mol. The molecule has 1 aromatic heterocycles. The molecule has 1 spiro atoms. The summed E-state index contributed by atoms with van der Waals surface area (Å²) >= 11 is 0. The predicted molar refractivity (Wildman–Crippen MR) is 111 cm³/mol. The summed E-state index contributed by atoms with van der Waals surface area (Å²) in [6.07, 6.45) is 5.29. The number of piperidine rings is 1. The molecule has 2 aliphatic rings. The Morgan fingerprint density at radius 2 is 2.07 bits per heavy atom. The highest BCUT2D eigenvalue weighted by molar-refractivity contribution is 5.79. The van der Waals surface area contributed by atoms with E-state index in [4.69, 9.17) is 10.5 Å². The molecule has 2 aromatic rings. The topological polar surface area (TPSA) is 87.5 Å². The molecule has 156 valence electrons. The Balaban J connectivity index is 1.50. The first-order chi connectivity index (χ1) is 14.2. The molecule has 3 heterocycles. The lowest BCUT2D eigenvalue weighted by Gasteiger charge is -2.50. The van der Waals surface area contributed by atoms with Gasteiger partial charge < -0.3 is 20.4 Å². The molecule has 2 aliphatic heterocycles. The van der Waals surface area contributed by atoms with Crippen LogP contribution in [0.5, 0.6) is 0 Å². The molecule has 7 heteroatoms. The third kappa shape index (κ3) is 3.95. The Bertz CT molecular complexity index is 841. The number of aromatic amines is 1. The molecular weight excluding hydrogens is 366 g/mol. The summed E-state index contributed by atoms with van der Waals surface area (Å²) < 4.78 is 5.15. The number of carbonyl (C=O) groups is 1. The fourth-order valence-electron chi connectivity index (χ4n) is 4.94. The Hall–Kier alpha value is -2.22. The van der Waals surface area contributed by atoms with Crippen molar-refractivity contribution in [1.29, 1.82) is 0 Å². The molecular formula is C22H31N5O2. The minimum absolute atomic E-state index is 0.0593. The van der Waals surface area contributed by atoms with Crippen molar-refractivity contribution in [2.45, 2.75) is 37.8 Å². The van der Waals surface area contributed by atoms with Gasteiger partial charge >= 0.3 is 0 Å². The fourth-order valence-corrected chi connectivity index (χ4v) is 4.94. The van der Waals surface area contributed by atoms with Crippen LogP contribution in [0.3, 0.4) is 0 Å². The van der Waals surface area contributed by atoms with Gasteiger partial charge in [0, 0.05) is 45.4 Å². The van der Waals surface area contributed by atoms with Crippen molar-refractivity contribution >= 4 is 5.91 Å². The van der Waals surface area contributed by atoms with Crippen LogP contribution in [0.1, 0.15) is 35.4 Å². The Morgan fingerprint density at radius 3 is 2.83 bits per heavy atom. The van der Waals surface area contributed by atoms with E-state index in [0.717, 1.165) is 57.6 Å². The number of methoxy groups -OCH3 is 1. The zero-order valence-electron chi connectivity index (χ0n) is 17.2. The Morgan fingerprint density at radius 1 is 1.28 bits per heavy atom. The minimum atomic E-state index is -0.318. The molecule has 4 rings (SSSR count). The molecule has 0 bridgehead atoms. The lowest BCUT2D eigenvalue weighted by molar-refractivity contribution is -0.146. The first-order valence-corrected chi connectivity index (χ1v) is 10.5. The number of H-pyrrole nitrogens is 1. The zero-order chi connectivity index (χ0) is 20.3. The summed E-state index contributed by atoms with van der Waals surface area (Å²) in [5.41, 5.74) is 10.2. The van der Waals surface area contributed by atoms with Crippen molar-refractivity contribution in [2.24, 2.45) is 5.73 Å². The maximum Gasteiger partial charge on any atom is 0.249 e. The van der Waals surface area contributed by atoms with Gasteiger partial charge in [0.1, 0.15) is 6.61 Å². The maximum absolute atomic E-state index is 12.8. The van der Waals surface area contributed by atoms with Crippen LogP contribution in [0.4, 0.5) is 0 Å². The highest BCUT2D eigenvalue weighted by Crippen LogP contribution is 2.42. The highest BCUT2D eigenvalue weighted by Gasteiger charge is 2.48. The molecule has 0 radical (unpaired) electrons. The molecule has 1 aromatic carbocycles. The minimum Gasteiger partial charge on any atom is -0.375 e. The van der Waals surface area contributed by atoms with Gasteiger partial charge in [-0.15, -0.1) is 0 Å². The molecule has 0 aliphatic carbocycles. The van der Waals surface area contributed by atoms with Crippen LogP contribution in [0.2, 0.25) is 0 Å². The van der Waals surface area contributed by atoms with Crippen LogP contribution < -0.4 is 5.73 Å². The van der Waals surface area contributed by atoms with Gasteiger partial charge in [-0.3, -0.25) is 9.69 Å². The van der Waals surface area contributed by atoms with Gasteiger partial charge in [0.05, 0.1) is 17.6 Å². The molecule has 0 atom stereocenters. The second-order valence-corrected chi connectivity index (χ2v) is 8.12. The second-order valence-electron chi connectivity index (χ2n) is 8.12.